The number of hydrogen-bond donors (Lipinski definition) is 0. The van der Waals surface area contributed by atoms with Crippen LogP contribution in [-0.4, -0.2) is 0 Å². The van der Waals surface area contributed by atoms with E-state index in [0.29, 0.717) is 0 Å². The van der Waals surface area contributed by atoms with Crippen molar-refractivity contribution in [2.75, 3.05) is 0 Å². The van der Waals surface area contributed by atoms with Gasteiger partial charge in [0.05, 0.1) is 0 Å². The highest BCUT2D eigenvalue weighted by molar-refractivity contribution is 5.09. The predicted octanol–water partition coefficient (Wildman–Crippen LogP) is 5.82. The van der Waals surface area contributed by atoms with Gasteiger partial charge in [0.25, 0.3) is 0 Å². The summed E-state index contributed by atoms with van der Waals surface area (Å²) in [6.45, 7) is 10.6. The third kappa shape index (κ3) is 11.3. The first kappa shape index (κ1) is 16.8. The molecular formula is C18H28. The van der Waals surface area contributed by atoms with Crippen molar-refractivity contribution in [2.24, 2.45) is 0 Å². The third-order valence-corrected chi connectivity index (χ3v) is 2.85. The van der Waals surface area contributed by atoms with E-state index in [2.05, 4.69) is 57.8 Å². The molecule has 0 aromatic carbocycles. The average molecular weight is 244 g/mol. The fourth-order valence-corrected chi connectivity index (χ4v) is 1.67. The number of hydrogen-bond acceptors (Lipinski definition) is 0. The Morgan fingerprint density at radius 3 is 1.94 bits per heavy atom. The molecule has 0 amide bonds. The minimum absolute atomic E-state index is 0.894. The molecule has 0 fully saturated rings. The van der Waals surface area contributed by atoms with Crippen molar-refractivity contribution in [1.82, 2.24) is 0 Å². The predicted molar refractivity (Wildman–Crippen MR) is 83.5 cm³/mol. The van der Waals surface area contributed by atoms with Crippen molar-refractivity contribution in [1.29, 1.82) is 0 Å². The molecule has 0 heteroatoms. The van der Waals surface area contributed by atoms with E-state index < -0.39 is 0 Å². The van der Waals surface area contributed by atoms with Crippen molar-refractivity contribution >= 4 is 0 Å². The van der Waals surface area contributed by atoms with E-state index >= 15 is 0 Å². The molecule has 0 nitrogen and oxygen atoms in total. The van der Waals surface area contributed by atoms with E-state index in [1.54, 1.807) is 0 Å². The molecule has 0 atom stereocenters. The quantitative estimate of drug-likeness (QED) is 0.391. The van der Waals surface area contributed by atoms with Gasteiger partial charge < -0.3 is 0 Å². The van der Waals surface area contributed by atoms with Crippen molar-refractivity contribution in [3.8, 4) is 11.8 Å². The highest BCUT2D eigenvalue weighted by Gasteiger charge is 1.91. The van der Waals surface area contributed by atoms with Crippen LogP contribution in [0.4, 0.5) is 0 Å². The van der Waals surface area contributed by atoms with Crippen molar-refractivity contribution in [3.63, 3.8) is 0 Å². The van der Waals surface area contributed by atoms with Gasteiger partial charge in [-0.25, -0.2) is 0 Å². The second-order valence-corrected chi connectivity index (χ2v) is 5.09. The Bertz CT molecular complexity index is 363. The maximum absolute atomic E-state index is 3.07. The first-order valence-corrected chi connectivity index (χ1v) is 6.90. The zero-order valence-corrected chi connectivity index (χ0v) is 12.8. The van der Waals surface area contributed by atoms with Gasteiger partial charge in [-0.05, 0) is 60.3 Å². The van der Waals surface area contributed by atoms with E-state index in [0.717, 1.165) is 19.3 Å². The summed E-state index contributed by atoms with van der Waals surface area (Å²) in [6, 6.07) is 0. The Morgan fingerprint density at radius 1 is 0.833 bits per heavy atom. The van der Waals surface area contributed by atoms with Crippen LogP contribution in [0.2, 0.25) is 0 Å². The SMILES string of the molecule is CC#CC/C=C(\C)CC/C=C(\C)CCC=C(C)C. The largest absolute Gasteiger partial charge is 0.106 e. The Kier molecular flexibility index (Phi) is 10.2. The Labute approximate surface area is 114 Å². The lowest BCUT2D eigenvalue weighted by molar-refractivity contribution is 0.915. The summed E-state index contributed by atoms with van der Waals surface area (Å²) in [5, 5.41) is 0. The van der Waals surface area contributed by atoms with Crippen LogP contribution < -0.4 is 0 Å². The van der Waals surface area contributed by atoms with Crippen LogP contribution in [0.15, 0.2) is 34.9 Å². The van der Waals surface area contributed by atoms with Gasteiger partial charge in [-0.3, -0.25) is 0 Å². The van der Waals surface area contributed by atoms with Gasteiger partial charge in [0, 0.05) is 6.42 Å². The molecule has 0 radical (unpaired) electrons. The van der Waals surface area contributed by atoms with E-state index in [1.165, 1.54) is 29.6 Å². The lowest BCUT2D eigenvalue weighted by Gasteiger charge is -2.00. The maximum atomic E-state index is 3.07. The molecule has 0 aliphatic rings. The summed E-state index contributed by atoms with van der Waals surface area (Å²) in [7, 11) is 0. The van der Waals surface area contributed by atoms with Crippen LogP contribution in [0.1, 0.15) is 66.7 Å². The minimum Gasteiger partial charge on any atom is -0.106 e. The highest BCUT2D eigenvalue weighted by atomic mass is 14.0. The molecule has 0 heterocycles. The van der Waals surface area contributed by atoms with Crippen LogP contribution in [-0.2, 0) is 0 Å². The van der Waals surface area contributed by atoms with Gasteiger partial charge in [-0.15, -0.1) is 5.92 Å². The topological polar surface area (TPSA) is 0 Å². The molecule has 0 aromatic heterocycles. The monoisotopic (exact) mass is 244 g/mol. The van der Waals surface area contributed by atoms with Gasteiger partial charge in [0.15, 0.2) is 0 Å². The normalized spacial score (nSPS) is 11.8. The third-order valence-electron chi connectivity index (χ3n) is 2.85. The van der Waals surface area contributed by atoms with Gasteiger partial charge in [0.2, 0.25) is 0 Å². The smallest absolute Gasteiger partial charge is 0.0272 e. The van der Waals surface area contributed by atoms with Crippen LogP contribution >= 0.6 is 0 Å². The summed E-state index contributed by atoms with van der Waals surface area (Å²) >= 11 is 0. The van der Waals surface area contributed by atoms with Gasteiger partial charge >= 0.3 is 0 Å². The van der Waals surface area contributed by atoms with Crippen LogP contribution in [0, 0.1) is 11.8 Å². The zero-order chi connectivity index (χ0) is 13.8. The summed E-state index contributed by atoms with van der Waals surface area (Å²) in [4.78, 5) is 0. The number of allylic oxidation sites excluding steroid dienone is 6. The first-order valence-electron chi connectivity index (χ1n) is 6.90. The molecule has 0 N–H and O–H groups in total. The summed E-state index contributed by atoms with van der Waals surface area (Å²) in [6.07, 6.45) is 12.5. The zero-order valence-electron chi connectivity index (χ0n) is 12.8. The fraction of sp³-hybridized carbons (Fsp3) is 0.556. The molecule has 0 rings (SSSR count). The van der Waals surface area contributed by atoms with Crippen molar-refractivity contribution < 1.29 is 0 Å². The van der Waals surface area contributed by atoms with E-state index in [-0.39, 0.29) is 0 Å². The molecule has 18 heavy (non-hydrogen) atoms. The molecule has 0 saturated heterocycles. The van der Waals surface area contributed by atoms with Crippen LogP contribution in [0.5, 0.6) is 0 Å². The first-order chi connectivity index (χ1) is 8.56. The summed E-state index contributed by atoms with van der Waals surface area (Å²) < 4.78 is 0. The van der Waals surface area contributed by atoms with E-state index in [1.807, 2.05) is 6.92 Å². The molecular weight excluding hydrogens is 216 g/mol. The van der Waals surface area contributed by atoms with Crippen molar-refractivity contribution in [2.45, 2.75) is 66.7 Å². The second-order valence-electron chi connectivity index (χ2n) is 5.09. The van der Waals surface area contributed by atoms with Crippen molar-refractivity contribution in [3.05, 3.63) is 34.9 Å². The molecule has 0 spiro atoms. The molecule has 0 saturated carbocycles. The molecule has 0 aromatic rings. The van der Waals surface area contributed by atoms with Crippen LogP contribution in [0.25, 0.3) is 0 Å². The summed E-state index contributed by atoms with van der Waals surface area (Å²) in [5.41, 5.74) is 4.37. The van der Waals surface area contributed by atoms with Gasteiger partial charge in [-0.2, -0.15) is 0 Å². The van der Waals surface area contributed by atoms with Gasteiger partial charge in [-0.1, -0.05) is 40.9 Å². The van der Waals surface area contributed by atoms with Gasteiger partial charge in [0.1, 0.15) is 0 Å². The summed E-state index contributed by atoms with van der Waals surface area (Å²) in [5.74, 6) is 5.99. The Balaban J connectivity index is 3.88. The molecule has 0 aliphatic heterocycles. The fourth-order valence-electron chi connectivity index (χ4n) is 1.67. The minimum atomic E-state index is 0.894. The Morgan fingerprint density at radius 2 is 1.39 bits per heavy atom. The lowest BCUT2D eigenvalue weighted by Crippen LogP contribution is -1.80. The lowest BCUT2D eigenvalue weighted by atomic mass is 10.1. The average Bonchev–Trinajstić information content (AvgIpc) is 2.29. The maximum Gasteiger partial charge on any atom is 0.0272 e. The van der Waals surface area contributed by atoms with Crippen LogP contribution in [0.3, 0.4) is 0 Å². The molecule has 100 valence electrons. The standard InChI is InChI=1S/C18H28/c1-6-7-8-12-17(4)14-10-15-18(5)13-9-11-16(2)3/h11-12,15H,8-10,13-14H2,1-5H3/b17-12+,18-15+. The van der Waals surface area contributed by atoms with E-state index in [4.69, 9.17) is 0 Å². The highest BCUT2D eigenvalue weighted by Crippen LogP contribution is 2.11. The Hall–Kier alpha value is -1.22. The number of rotatable bonds is 7. The molecule has 0 aliphatic carbocycles. The molecule has 0 bridgehead atoms. The molecule has 0 unspecified atom stereocenters. The second kappa shape index (κ2) is 10.9. The van der Waals surface area contributed by atoms with E-state index in [9.17, 15) is 0 Å².